The van der Waals surface area contributed by atoms with E-state index in [2.05, 4.69) is 10.0 Å². The molecule has 37 heavy (non-hydrogen) atoms. The molecule has 5 aromatic carbocycles. The van der Waals surface area contributed by atoms with Crippen LogP contribution in [-0.4, -0.2) is 20.4 Å². The van der Waals surface area contributed by atoms with E-state index in [1.165, 1.54) is 12.1 Å². The summed E-state index contributed by atoms with van der Waals surface area (Å²) in [5.74, 6) is 0.307. The van der Waals surface area contributed by atoms with Crippen LogP contribution in [0, 0.1) is 0 Å². The predicted molar refractivity (Wildman–Crippen MR) is 148 cm³/mol. The fraction of sp³-hybridized carbons (Fsp3) is 0.100. The van der Waals surface area contributed by atoms with Gasteiger partial charge in [0.25, 0.3) is 15.9 Å². The largest absolute Gasteiger partial charge is 0.481 e. The smallest absolute Gasteiger partial charge is 0.265 e. The van der Waals surface area contributed by atoms with Gasteiger partial charge >= 0.3 is 0 Å². The summed E-state index contributed by atoms with van der Waals surface area (Å²) in [6, 6.07) is 32.8. The monoisotopic (exact) mass is 510 g/mol. The van der Waals surface area contributed by atoms with Crippen LogP contribution in [0.1, 0.15) is 13.3 Å². The number of nitrogens with one attached hydrogen (secondary N) is 2. The van der Waals surface area contributed by atoms with Crippen LogP contribution >= 0.6 is 0 Å². The molecule has 6 nitrogen and oxygen atoms in total. The first kappa shape index (κ1) is 24.3. The van der Waals surface area contributed by atoms with E-state index < -0.39 is 16.1 Å². The minimum absolute atomic E-state index is 0.0953. The summed E-state index contributed by atoms with van der Waals surface area (Å²) >= 11 is 0. The van der Waals surface area contributed by atoms with Crippen LogP contribution < -0.4 is 14.8 Å². The zero-order chi connectivity index (χ0) is 25.8. The highest BCUT2D eigenvalue weighted by atomic mass is 32.2. The van der Waals surface area contributed by atoms with Crippen molar-refractivity contribution in [3.05, 3.63) is 109 Å². The first-order chi connectivity index (χ1) is 17.9. The Kier molecular flexibility index (Phi) is 6.79. The molecule has 0 radical (unpaired) electrons. The number of carbonyl (C=O) groups excluding carboxylic acids is 1. The molecule has 0 aliphatic rings. The maximum atomic E-state index is 13.0. The van der Waals surface area contributed by atoms with Gasteiger partial charge in [0.1, 0.15) is 5.75 Å². The molecule has 1 amide bonds. The molecule has 0 aliphatic heterocycles. The summed E-state index contributed by atoms with van der Waals surface area (Å²) < 4.78 is 34.7. The zero-order valence-corrected chi connectivity index (χ0v) is 21.0. The molecule has 0 bridgehead atoms. The molecule has 1 atom stereocenters. The van der Waals surface area contributed by atoms with Crippen molar-refractivity contribution in [2.24, 2.45) is 0 Å². The number of hydrogen-bond donors (Lipinski definition) is 2. The van der Waals surface area contributed by atoms with Crippen molar-refractivity contribution in [1.29, 1.82) is 0 Å². The Morgan fingerprint density at radius 3 is 2.22 bits per heavy atom. The number of carbonyl (C=O) groups is 1. The molecule has 0 saturated carbocycles. The van der Waals surface area contributed by atoms with Crippen molar-refractivity contribution >= 4 is 48.9 Å². The van der Waals surface area contributed by atoms with Gasteiger partial charge in [-0.15, -0.1) is 0 Å². The average Bonchev–Trinajstić information content (AvgIpc) is 2.92. The van der Waals surface area contributed by atoms with Crippen LogP contribution in [0.3, 0.4) is 0 Å². The summed E-state index contributed by atoms with van der Waals surface area (Å²) in [5, 5.41) is 6.71. The third-order valence-electron chi connectivity index (χ3n) is 6.13. The van der Waals surface area contributed by atoms with Crippen LogP contribution in [0.15, 0.2) is 114 Å². The number of amides is 1. The molecule has 186 valence electrons. The molecule has 0 unspecified atom stereocenters. The molecule has 0 saturated heterocycles. The number of rotatable bonds is 8. The fourth-order valence-electron chi connectivity index (χ4n) is 4.19. The van der Waals surface area contributed by atoms with Gasteiger partial charge in [-0.25, -0.2) is 8.42 Å². The Hall–Kier alpha value is -4.36. The highest BCUT2D eigenvalue weighted by Gasteiger charge is 2.20. The number of anilines is 2. The SMILES string of the molecule is CC[C@@H](Oc1ccc2ccccc2c1)C(=O)Nc1ccc(S(=O)(=O)Nc2cccc3ccccc23)cc1. The summed E-state index contributed by atoms with van der Waals surface area (Å²) in [6.45, 7) is 1.87. The van der Waals surface area contributed by atoms with Crippen LogP contribution in [-0.2, 0) is 14.8 Å². The van der Waals surface area contributed by atoms with Crippen LogP contribution in [0.5, 0.6) is 5.75 Å². The standard InChI is InChI=1S/C30H26N2O4S/c1-2-29(36-25-17-14-21-8-3-4-10-23(21)20-25)30(33)31-24-15-18-26(19-16-24)37(34,35)32-28-13-7-11-22-9-5-6-12-27(22)28/h3-20,29,32H,2H2,1H3,(H,31,33)/t29-/m1/s1. The summed E-state index contributed by atoms with van der Waals surface area (Å²) in [5.41, 5.74) is 0.988. The van der Waals surface area contributed by atoms with Crippen LogP contribution in [0.25, 0.3) is 21.5 Å². The molecular formula is C30H26N2O4S. The van der Waals surface area contributed by atoms with Gasteiger partial charge < -0.3 is 10.1 Å². The molecule has 0 fully saturated rings. The van der Waals surface area contributed by atoms with Gasteiger partial charge in [0, 0.05) is 11.1 Å². The van der Waals surface area contributed by atoms with Gasteiger partial charge in [0.05, 0.1) is 10.6 Å². The number of fused-ring (bicyclic) bond motifs is 2. The van der Waals surface area contributed by atoms with E-state index in [0.717, 1.165) is 21.5 Å². The maximum absolute atomic E-state index is 13.0. The quantitative estimate of drug-likeness (QED) is 0.247. The second-order valence-electron chi connectivity index (χ2n) is 8.67. The topological polar surface area (TPSA) is 84.5 Å². The summed E-state index contributed by atoms with van der Waals surface area (Å²) in [7, 11) is -3.82. The second kappa shape index (κ2) is 10.3. The van der Waals surface area contributed by atoms with Crippen molar-refractivity contribution in [1.82, 2.24) is 0 Å². The van der Waals surface area contributed by atoms with Crippen molar-refractivity contribution in [2.75, 3.05) is 10.0 Å². The van der Waals surface area contributed by atoms with Crippen molar-refractivity contribution in [3.8, 4) is 5.75 Å². The first-order valence-corrected chi connectivity index (χ1v) is 13.5. The Morgan fingerprint density at radius 2 is 1.46 bits per heavy atom. The average molecular weight is 511 g/mol. The van der Waals surface area contributed by atoms with Gasteiger partial charge in [-0.1, -0.05) is 73.7 Å². The van der Waals surface area contributed by atoms with E-state index in [1.54, 1.807) is 18.2 Å². The van der Waals surface area contributed by atoms with Gasteiger partial charge in [-0.2, -0.15) is 0 Å². The third-order valence-corrected chi connectivity index (χ3v) is 7.51. The lowest BCUT2D eigenvalue weighted by atomic mass is 10.1. The minimum atomic E-state index is -3.82. The Bertz CT molecular complexity index is 1680. The maximum Gasteiger partial charge on any atom is 0.265 e. The number of sulfonamides is 1. The predicted octanol–water partition coefficient (Wildman–Crippen LogP) is 6.59. The highest BCUT2D eigenvalue weighted by molar-refractivity contribution is 7.92. The molecule has 2 N–H and O–H groups in total. The van der Waals surface area contributed by atoms with E-state index >= 15 is 0 Å². The van der Waals surface area contributed by atoms with Gasteiger partial charge in [0.2, 0.25) is 0 Å². The summed E-state index contributed by atoms with van der Waals surface area (Å²) in [4.78, 5) is 13.0. The molecule has 5 rings (SSSR count). The van der Waals surface area contributed by atoms with Gasteiger partial charge in [0.15, 0.2) is 6.10 Å². The second-order valence-corrected chi connectivity index (χ2v) is 10.4. The molecule has 0 aliphatic carbocycles. The lowest BCUT2D eigenvalue weighted by Crippen LogP contribution is -2.32. The highest BCUT2D eigenvalue weighted by Crippen LogP contribution is 2.26. The van der Waals surface area contributed by atoms with E-state index in [0.29, 0.717) is 23.5 Å². The van der Waals surface area contributed by atoms with E-state index in [9.17, 15) is 13.2 Å². The van der Waals surface area contributed by atoms with Crippen molar-refractivity contribution < 1.29 is 17.9 Å². The number of hydrogen-bond acceptors (Lipinski definition) is 4. The molecule has 0 aromatic heterocycles. The molecular weight excluding hydrogens is 484 g/mol. The first-order valence-electron chi connectivity index (χ1n) is 12.0. The third kappa shape index (κ3) is 5.42. The van der Waals surface area contributed by atoms with Crippen LogP contribution in [0.4, 0.5) is 11.4 Å². The van der Waals surface area contributed by atoms with Gasteiger partial charge in [-0.3, -0.25) is 9.52 Å². The van der Waals surface area contributed by atoms with Crippen molar-refractivity contribution in [3.63, 3.8) is 0 Å². The molecule has 0 spiro atoms. The normalized spacial score (nSPS) is 12.2. The Morgan fingerprint density at radius 1 is 0.784 bits per heavy atom. The van der Waals surface area contributed by atoms with E-state index in [4.69, 9.17) is 4.74 Å². The molecule has 7 heteroatoms. The zero-order valence-electron chi connectivity index (χ0n) is 20.2. The van der Waals surface area contributed by atoms with Gasteiger partial charge in [-0.05, 0) is 65.0 Å². The minimum Gasteiger partial charge on any atom is -0.481 e. The Labute approximate surface area is 216 Å². The lowest BCUT2D eigenvalue weighted by Gasteiger charge is -2.18. The number of benzene rings is 5. The molecule has 5 aromatic rings. The number of ether oxygens (including phenoxy) is 1. The lowest BCUT2D eigenvalue weighted by molar-refractivity contribution is -0.122. The fourth-order valence-corrected chi connectivity index (χ4v) is 5.27. The van der Waals surface area contributed by atoms with E-state index in [1.807, 2.05) is 85.8 Å². The Balaban J connectivity index is 1.27. The van der Waals surface area contributed by atoms with Crippen LogP contribution in [0.2, 0.25) is 0 Å². The van der Waals surface area contributed by atoms with E-state index in [-0.39, 0.29) is 10.8 Å². The summed E-state index contributed by atoms with van der Waals surface area (Å²) in [6.07, 6.45) is -0.224. The molecule has 0 heterocycles. The van der Waals surface area contributed by atoms with Crippen molar-refractivity contribution in [2.45, 2.75) is 24.3 Å².